The molecule has 9 heteroatoms. The molecule has 0 heterocycles. The van der Waals surface area contributed by atoms with Gasteiger partial charge >= 0.3 is 8.80 Å². The monoisotopic (exact) mass is 448 g/mol. The number of rotatable bonds is 8. The van der Waals surface area contributed by atoms with Crippen molar-refractivity contribution in [3.63, 3.8) is 0 Å². The fourth-order valence-corrected chi connectivity index (χ4v) is 6.01. The molecule has 0 saturated carbocycles. The van der Waals surface area contributed by atoms with E-state index in [1.807, 2.05) is 0 Å². The number of hydrogen-bond donors (Lipinski definition) is 0. The Bertz CT molecular complexity index is 847. The summed E-state index contributed by atoms with van der Waals surface area (Å²) in [6, 6.07) is 5.56. The Balaban J connectivity index is 2.73. The molecule has 3 nitrogen and oxygen atoms in total. The average Bonchev–Trinajstić information content (AvgIpc) is 2.63. The third-order valence-corrected chi connectivity index (χ3v) is 7.25. The molecule has 2 aromatic rings. The summed E-state index contributed by atoms with van der Waals surface area (Å²) in [5.41, 5.74) is -1.22. The molecule has 0 aromatic heterocycles. The molecule has 0 fully saturated rings. The van der Waals surface area contributed by atoms with Crippen molar-refractivity contribution >= 4 is 14.0 Å². The van der Waals surface area contributed by atoms with Gasteiger partial charge < -0.3 is 13.3 Å². The van der Waals surface area contributed by atoms with Crippen LogP contribution in [0.25, 0.3) is 11.1 Å². The Labute approximate surface area is 174 Å². The molecule has 0 aliphatic rings. The van der Waals surface area contributed by atoms with E-state index in [1.165, 1.54) is 18.2 Å². The van der Waals surface area contributed by atoms with Crippen LogP contribution in [0.15, 0.2) is 24.3 Å². The SMILES string of the molecule is CC(C)O[Si](OC(C)C)(OC(C)C)c1cccc(-c2c(F)c(F)c(F)c(F)c2F)c1. The highest BCUT2D eigenvalue weighted by Crippen LogP contribution is 2.31. The van der Waals surface area contributed by atoms with Gasteiger partial charge in [0.15, 0.2) is 23.3 Å². The third-order valence-electron chi connectivity index (χ3n) is 3.89. The van der Waals surface area contributed by atoms with Crippen molar-refractivity contribution in [3.05, 3.63) is 53.4 Å². The molecule has 0 unspecified atom stereocenters. The molecule has 2 rings (SSSR count). The maximum Gasteiger partial charge on any atom is 0.537 e. The first-order chi connectivity index (χ1) is 13.9. The van der Waals surface area contributed by atoms with E-state index < -0.39 is 43.5 Å². The maximum absolute atomic E-state index is 14.3. The molecule has 0 aliphatic heterocycles. The Morgan fingerprint density at radius 3 is 1.43 bits per heavy atom. The lowest BCUT2D eigenvalue weighted by molar-refractivity contribution is 0.0153. The Morgan fingerprint density at radius 1 is 0.633 bits per heavy atom. The molecule has 0 N–H and O–H groups in total. The topological polar surface area (TPSA) is 27.7 Å². The summed E-state index contributed by atoms with van der Waals surface area (Å²) in [5.74, 6) is -10.0. The first kappa shape index (κ1) is 24.5. The van der Waals surface area contributed by atoms with Gasteiger partial charge in [-0.25, -0.2) is 22.0 Å². The van der Waals surface area contributed by atoms with Gasteiger partial charge in [0.25, 0.3) is 0 Å². The van der Waals surface area contributed by atoms with E-state index >= 15 is 0 Å². The zero-order valence-corrected chi connectivity index (χ0v) is 18.7. The van der Waals surface area contributed by atoms with Crippen molar-refractivity contribution in [2.75, 3.05) is 0 Å². The summed E-state index contributed by atoms with van der Waals surface area (Å²) < 4.78 is 87.7. The molecule has 0 saturated heterocycles. The molecular formula is C21H25F5O3Si. The van der Waals surface area contributed by atoms with Crippen molar-refractivity contribution in [1.82, 2.24) is 0 Å². The lowest BCUT2D eigenvalue weighted by Gasteiger charge is -2.34. The lowest BCUT2D eigenvalue weighted by atomic mass is 10.0. The quantitative estimate of drug-likeness (QED) is 0.232. The first-order valence-electron chi connectivity index (χ1n) is 9.55. The van der Waals surface area contributed by atoms with Gasteiger partial charge in [-0.1, -0.05) is 18.2 Å². The van der Waals surface area contributed by atoms with E-state index in [9.17, 15) is 22.0 Å². The number of hydrogen-bond acceptors (Lipinski definition) is 3. The molecule has 0 aliphatic carbocycles. The summed E-state index contributed by atoms with van der Waals surface area (Å²) in [7, 11) is -3.60. The van der Waals surface area contributed by atoms with Crippen LogP contribution in [-0.4, -0.2) is 27.1 Å². The van der Waals surface area contributed by atoms with Crippen molar-refractivity contribution in [3.8, 4) is 11.1 Å². The Morgan fingerprint density at radius 2 is 1.03 bits per heavy atom. The molecule has 166 valence electrons. The van der Waals surface area contributed by atoms with Crippen molar-refractivity contribution < 1.29 is 35.2 Å². The summed E-state index contributed by atoms with van der Waals surface area (Å²) in [5, 5.41) is 0.347. The summed E-state index contributed by atoms with van der Waals surface area (Å²) in [4.78, 5) is 0. The van der Waals surface area contributed by atoms with Gasteiger partial charge in [-0.15, -0.1) is 0 Å². The standard InChI is InChI=1S/C21H25F5O3Si/c1-11(2)27-30(28-12(3)4,29-13(5)6)15-9-7-8-14(10-15)16-17(22)19(24)21(26)20(25)18(16)23/h7-13H,1-6H3. The fourth-order valence-electron chi connectivity index (χ4n) is 2.94. The van der Waals surface area contributed by atoms with Crippen LogP contribution in [0.5, 0.6) is 0 Å². The molecule has 0 amide bonds. The van der Waals surface area contributed by atoms with Crippen molar-refractivity contribution in [2.45, 2.75) is 59.9 Å². The molecular weight excluding hydrogens is 423 g/mol. The summed E-state index contributed by atoms with van der Waals surface area (Å²) >= 11 is 0. The molecule has 30 heavy (non-hydrogen) atoms. The van der Waals surface area contributed by atoms with Crippen LogP contribution < -0.4 is 5.19 Å². The molecule has 2 aromatic carbocycles. The van der Waals surface area contributed by atoms with Gasteiger partial charge in [0.2, 0.25) is 5.82 Å². The second-order valence-corrected chi connectivity index (χ2v) is 9.98. The number of halogens is 5. The van der Waals surface area contributed by atoms with E-state index in [2.05, 4.69) is 0 Å². The van der Waals surface area contributed by atoms with Crippen LogP contribution in [0, 0.1) is 29.1 Å². The van der Waals surface area contributed by atoms with E-state index in [0.717, 1.165) is 0 Å². The highest BCUT2D eigenvalue weighted by Gasteiger charge is 2.47. The minimum Gasteiger partial charge on any atom is -0.367 e. The average molecular weight is 449 g/mol. The van der Waals surface area contributed by atoms with E-state index in [1.54, 1.807) is 47.6 Å². The highest BCUT2D eigenvalue weighted by atomic mass is 28.4. The predicted molar refractivity (Wildman–Crippen MR) is 106 cm³/mol. The largest absolute Gasteiger partial charge is 0.537 e. The van der Waals surface area contributed by atoms with Crippen LogP contribution in [-0.2, 0) is 13.3 Å². The van der Waals surface area contributed by atoms with Crippen molar-refractivity contribution in [2.24, 2.45) is 0 Å². The zero-order valence-electron chi connectivity index (χ0n) is 17.7. The van der Waals surface area contributed by atoms with E-state index in [4.69, 9.17) is 13.3 Å². The second kappa shape index (κ2) is 9.55. The number of benzene rings is 2. The second-order valence-electron chi connectivity index (χ2n) is 7.58. The van der Waals surface area contributed by atoms with E-state index in [0.29, 0.717) is 5.19 Å². The molecule has 0 radical (unpaired) electrons. The highest BCUT2D eigenvalue weighted by molar-refractivity contribution is 6.75. The van der Waals surface area contributed by atoms with Crippen molar-refractivity contribution in [1.29, 1.82) is 0 Å². The van der Waals surface area contributed by atoms with Gasteiger partial charge in [-0.3, -0.25) is 0 Å². The first-order valence-corrected chi connectivity index (χ1v) is 11.3. The van der Waals surface area contributed by atoms with Gasteiger partial charge in [0.05, 0.1) is 5.56 Å². The normalized spacial score (nSPS) is 12.5. The summed E-state index contributed by atoms with van der Waals surface area (Å²) in [6.45, 7) is 10.7. The van der Waals surface area contributed by atoms with Crippen LogP contribution in [0.3, 0.4) is 0 Å². The van der Waals surface area contributed by atoms with Gasteiger partial charge in [-0.2, -0.15) is 0 Å². The Hall–Kier alpha value is -1.81. The van der Waals surface area contributed by atoms with E-state index in [-0.39, 0.29) is 23.9 Å². The van der Waals surface area contributed by atoms with Crippen LogP contribution in [0.4, 0.5) is 22.0 Å². The lowest BCUT2D eigenvalue weighted by Crippen LogP contribution is -2.60. The fraction of sp³-hybridized carbons (Fsp3) is 0.429. The Kier molecular flexibility index (Phi) is 7.78. The van der Waals surface area contributed by atoms with Crippen LogP contribution in [0.2, 0.25) is 0 Å². The van der Waals surface area contributed by atoms with Crippen LogP contribution >= 0.6 is 0 Å². The molecule has 0 atom stereocenters. The minimum absolute atomic E-state index is 0.204. The van der Waals surface area contributed by atoms with Crippen LogP contribution in [0.1, 0.15) is 41.5 Å². The molecule has 0 bridgehead atoms. The predicted octanol–water partition coefficient (Wildman–Crippen LogP) is 5.47. The maximum atomic E-state index is 14.3. The molecule has 0 spiro atoms. The minimum atomic E-state index is -3.60. The zero-order chi connectivity index (χ0) is 22.8. The van der Waals surface area contributed by atoms with Gasteiger partial charge in [-0.05, 0) is 53.2 Å². The summed E-state index contributed by atoms with van der Waals surface area (Å²) in [6.07, 6.45) is -0.939. The smallest absolute Gasteiger partial charge is 0.367 e. The van der Waals surface area contributed by atoms with Gasteiger partial charge in [0.1, 0.15) is 0 Å². The third kappa shape index (κ3) is 5.08. The van der Waals surface area contributed by atoms with Gasteiger partial charge in [0, 0.05) is 23.5 Å².